The van der Waals surface area contributed by atoms with Gasteiger partial charge in [-0.25, -0.2) is 0 Å². The molecule has 16 heavy (non-hydrogen) atoms. The molecule has 0 bridgehead atoms. The lowest BCUT2D eigenvalue weighted by Gasteiger charge is -2.18. The molecule has 0 radical (unpaired) electrons. The highest BCUT2D eigenvalue weighted by Gasteiger charge is 2.00. The fraction of sp³-hybridized carbons (Fsp3) is 0.0667. The first-order valence-corrected chi connectivity index (χ1v) is 5.22. The summed E-state index contributed by atoms with van der Waals surface area (Å²) in [5, 5.41) is 0. The summed E-state index contributed by atoms with van der Waals surface area (Å²) < 4.78 is 0. The maximum atomic E-state index is 3.00. The van der Waals surface area contributed by atoms with Crippen LogP contribution in [0.15, 0.2) is 73.8 Å². The van der Waals surface area contributed by atoms with Crippen LogP contribution in [-0.2, 0) is 0 Å². The van der Waals surface area contributed by atoms with Crippen molar-refractivity contribution in [2.24, 2.45) is 0 Å². The number of hydrogen-bond donors (Lipinski definition) is 0. The quantitative estimate of drug-likeness (QED) is 0.671. The van der Waals surface area contributed by atoms with E-state index in [1.54, 1.807) is 0 Å². The van der Waals surface area contributed by atoms with Crippen molar-refractivity contribution in [1.29, 1.82) is 0 Å². The molecule has 0 heterocycles. The van der Waals surface area contributed by atoms with Crippen LogP contribution in [0, 0.1) is 0 Å². The number of nitrogens with zero attached hydrogens (tertiary/aromatic N) is 1. The van der Waals surface area contributed by atoms with Crippen molar-refractivity contribution in [2.45, 2.75) is 0 Å². The summed E-state index contributed by atoms with van der Waals surface area (Å²) in [7, 11) is 2.07. The average Bonchev–Trinajstić information content (AvgIpc) is 2.42. The monoisotopic (exact) mass is 211 g/mol. The summed E-state index contributed by atoms with van der Waals surface area (Å²) in [6.45, 7) is 6.00. The number of benzene rings is 2. The molecule has 0 aliphatic heterocycles. The van der Waals surface area contributed by atoms with Crippen LogP contribution in [0.25, 0.3) is 0 Å². The molecule has 1 nitrogen and oxygen atoms in total. The molecule has 0 N–H and O–H groups in total. The van der Waals surface area contributed by atoms with E-state index in [1.807, 2.05) is 12.1 Å². The van der Waals surface area contributed by atoms with E-state index in [-0.39, 0.29) is 0 Å². The fourth-order valence-electron chi connectivity index (χ4n) is 1.45. The summed E-state index contributed by atoms with van der Waals surface area (Å²) in [5.41, 5.74) is 2.41. The van der Waals surface area contributed by atoms with Gasteiger partial charge in [0.25, 0.3) is 0 Å². The Kier molecular flexibility index (Phi) is 4.87. The van der Waals surface area contributed by atoms with Gasteiger partial charge in [0.15, 0.2) is 0 Å². The van der Waals surface area contributed by atoms with Gasteiger partial charge in [0.2, 0.25) is 0 Å². The SMILES string of the molecule is C=C.CN(c1ccccc1)c1ccccc1. The highest BCUT2D eigenvalue weighted by atomic mass is 15.1. The highest BCUT2D eigenvalue weighted by molar-refractivity contribution is 5.61. The van der Waals surface area contributed by atoms with Gasteiger partial charge in [0, 0.05) is 18.4 Å². The van der Waals surface area contributed by atoms with Crippen LogP contribution < -0.4 is 4.90 Å². The normalized spacial score (nSPS) is 8.81. The molecule has 0 aliphatic rings. The van der Waals surface area contributed by atoms with E-state index in [0.717, 1.165) is 0 Å². The van der Waals surface area contributed by atoms with E-state index < -0.39 is 0 Å². The van der Waals surface area contributed by atoms with Crippen molar-refractivity contribution in [3.8, 4) is 0 Å². The second-order valence-electron chi connectivity index (χ2n) is 3.23. The summed E-state index contributed by atoms with van der Waals surface area (Å²) >= 11 is 0. The zero-order valence-electron chi connectivity index (χ0n) is 9.63. The van der Waals surface area contributed by atoms with E-state index in [1.165, 1.54) is 11.4 Å². The molecule has 82 valence electrons. The lowest BCUT2D eigenvalue weighted by molar-refractivity contribution is 1.21. The van der Waals surface area contributed by atoms with E-state index in [0.29, 0.717) is 0 Å². The summed E-state index contributed by atoms with van der Waals surface area (Å²) in [6.07, 6.45) is 0. The minimum Gasteiger partial charge on any atom is -0.345 e. The van der Waals surface area contributed by atoms with Crippen LogP contribution in [0.1, 0.15) is 0 Å². The molecule has 2 aromatic carbocycles. The molecule has 0 aromatic heterocycles. The minimum absolute atomic E-state index is 1.21. The largest absolute Gasteiger partial charge is 0.345 e. The first-order chi connectivity index (χ1) is 7.88. The zero-order valence-corrected chi connectivity index (χ0v) is 9.63. The first-order valence-electron chi connectivity index (χ1n) is 5.22. The molecule has 0 unspecified atom stereocenters. The van der Waals surface area contributed by atoms with Crippen molar-refractivity contribution in [1.82, 2.24) is 0 Å². The van der Waals surface area contributed by atoms with Gasteiger partial charge in [-0.3, -0.25) is 0 Å². The Labute approximate surface area is 97.7 Å². The molecule has 0 saturated heterocycles. The molecule has 0 atom stereocenters. The molecule has 0 fully saturated rings. The Bertz CT molecular complexity index is 355. The molecule has 2 aromatic rings. The third kappa shape index (κ3) is 2.99. The third-order valence-electron chi connectivity index (χ3n) is 2.29. The Morgan fingerprint density at radius 1 is 0.688 bits per heavy atom. The lowest BCUT2D eigenvalue weighted by Crippen LogP contribution is -2.08. The average molecular weight is 211 g/mol. The molecular weight excluding hydrogens is 194 g/mol. The van der Waals surface area contributed by atoms with Gasteiger partial charge in [0.1, 0.15) is 0 Å². The van der Waals surface area contributed by atoms with Crippen molar-refractivity contribution >= 4 is 11.4 Å². The van der Waals surface area contributed by atoms with E-state index in [2.05, 4.69) is 73.6 Å². The minimum atomic E-state index is 1.21. The fourth-order valence-corrected chi connectivity index (χ4v) is 1.45. The predicted molar refractivity (Wildman–Crippen MR) is 72.2 cm³/mol. The van der Waals surface area contributed by atoms with Gasteiger partial charge in [-0.2, -0.15) is 0 Å². The van der Waals surface area contributed by atoms with Crippen molar-refractivity contribution in [3.05, 3.63) is 73.8 Å². The van der Waals surface area contributed by atoms with Crippen molar-refractivity contribution < 1.29 is 0 Å². The summed E-state index contributed by atoms with van der Waals surface area (Å²) in [6, 6.07) is 20.7. The predicted octanol–water partition coefficient (Wildman–Crippen LogP) is 4.26. The number of para-hydroxylation sites is 2. The molecule has 0 spiro atoms. The van der Waals surface area contributed by atoms with Gasteiger partial charge in [0.05, 0.1) is 0 Å². The van der Waals surface area contributed by atoms with Crippen LogP contribution in [-0.4, -0.2) is 7.05 Å². The standard InChI is InChI=1S/C13H13N.C2H4/c1-14(12-8-4-2-5-9-12)13-10-6-3-7-11-13;1-2/h2-11H,1H3;1-2H2. The zero-order chi connectivity index (χ0) is 11.8. The van der Waals surface area contributed by atoms with E-state index in [4.69, 9.17) is 0 Å². The van der Waals surface area contributed by atoms with E-state index >= 15 is 0 Å². The molecule has 0 aliphatic carbocycles. The molecule has 0 amide bonds. The Morgan fingerprint density at radius 3 is 1.31 bits per heavy atom. The Hall–Kier alpha value is -2.02. The van der Waals surface area contributed by atoms with Crippen LogP contribution in [0.3, 0.4) is 0 Å². The lowest BCUT2D eigenvalue weighted by atomic mass is 10.2. The van der Waals surface area contributed by atoms with Gasteiger partial charge >= 0.3 is 0 Å². The van der Waals surface area contributed by atoms with Gasteiger partial charge in [-0.05, 0) is 24.3 Å². The van der Waals surface area contributed by atoms with Gasteiger partial charge in [-0.1, -0.05) is 36.4 Å². The van der Waals surface area contributed by atoms with Crippen molar-refractivity contribution in [3.63, 3.8) is 0 Å². The highest BCUT2D eigenvalue weighted by Crippen LogP contribution is 2.21. The summed E-state index contributed by atoms with van der Waals surface area (Å²) in [5.74, 6) is 0. The van der Waals surface area contributed by atoms with Crippen LogP contribution in [0.5, 0.6) is 0 Å². The van der Waals surface area contributed by atoms with E-state index in [9.17, 15) is 0 Å². The molecule has 2 rings (SSSR count). The second kappa shape index (κ2) is 6.46. The first kappa shape index (κ1) is 12.1. The molecule has 0 saturated carbocycles. The van der Waals surface area contributed by atoms with Crippen LogP contribution in [0.2, 0.25) is 0 Å². The van der Waals surface area contributed by atoms with Crippen LogP contribution >= 0.6 is 0 Å². The number of hydrogen-bond acceptors (Lipinski definition) is 1. The maximum Gasteiger partial charge on any atom is 0.0408 e. The smallest absolute Gasteiger partial charge is 0.0408 e. The Balaban J connectivity index is 0.000000606. The van der Waals surface area contributed by atoms with Gasteiger partial charge in [-0.15, -0.1) is 13.2 Å². The summed E-state index contributed by atoms with van der Waals surface area (Å²) in [4.78, 5) is 2.17. The third-order valence-corrected chi connectivity index (χ3v) is 2.29. The maximum absolute atomic E-state index is 3.00. The van der Waals surface area contributed by atoms with Crippen molar-refractivity contribution in [2.75, 3.05) is 11.9 Å². The second-order valence-corrected chi connectivity index (χ2v) is 3.23. The molecule has 1 heteroatoms. The van der Waals surface area contributed by atoms with Crippen LogP contribution in [0.4, 0.5) is 11.4 Å². The Morgan fingerprint density at radius 2 is 1.00 bits per heavy atom. The number of anilines is 2. The number of rotatable bonds is 2. The molecular formula is C15H17N. The van der Waals surface area contributed by atoms with Gasteiger partial charge < -0.3 is 4.90 Å². The topological polar surface area (TPSA) is 3.24 Å².